The normalized spacial score (nSPS) is 12.7. The maximum Gasteiger partial charge on any atom is 0.261 e. The van der Waals surface area contributed by atoms with Crippen molar-refractivity contribution in [3.8, 4) is 6.07 Å². The molecule has 0 fully saturated rings. The van der Waals surface area contributed by atoms with Crippen LogP contribution in [0.15, 0.2) is 40.9 Å². The number of nitriles is 1. The van der Waals surface area contributed by atoms with Gasteiger partial charge in [0.05, 0.1) is 21.7 Å². The van der Waals surface area contributed by atoms with E-state index in [9.17, 15) is 14.4 Å². The number of carbonyl (C=O) groups excluding carboxylic acids is 3. The van der Waals surface area contributed by atoms with Gasteiger partial charge in [-0.25, -0.2) is 0 Å². The van der Waals surface area contributed by atoms with Gasteiger partial charge in [-0.05, 0) is 36.4 Å². The van der Waals surface area contributed by atoms with Crippen molar-refractivity contribution in [1.82, 2.24) is 4.90 Å². The van der Waals surface area contributed by atoms with Gasteiger partial charge in [-0.3, -0.25) is 19.3 Å². The lowest BCUT2D eigenvalue weighted by Crippen LogP contribution is -2.32. The minimum atomic E-state index is -0.416. The Morgan fingerprint density at radius 3 is 2.58 bits per heavy atom. The van der Waals surface area contributed by atoms with E-state index in [1.807, 2.05) is 6.07 Å². The first-order chi connectivity index (χ1) is 12.4. The number of carbonyl (C=O) groups is 3. The lowest BCUT2D eigenvalue weighted by atomic mass is 10.1. The number of imide groups is 1. The van der Waals surface area contributed by atoms with Gasteiger partial charge in [0.15, 0.2) is 0 Å². The SMILES string of the molecule is N#Cc1ccc(NC(=O)CCN2C(=O)c3ccc(Br)cc3C2=O)cc1Cl. The summed E-state index contributed by atoms with van der Waals surface area (Å²) >= 11 is 9.19. The van der Waals surface area contributed by atoms with Crippen molar-refractivity contribution >= 4 is 50.9 Å². The summed E-state index contributed by atoms with van der Waals surface area (Å²) in [5.41, 5.74) is 1.40. The van der Waals surface area contributed by atoms with Crippen LogP contribution in [-0.4, -0.2) is 29.2 Å². The van der Waals surface area contributed by atoms with Crippen LogP contribution in [-0.2, 0) is 4.79 Å². The summed E-state index contributed by atoms with van der Waals surface area (Å²) in [6.45, 7) is -0.0280. The third kappa shape index (κ3) is 3.47. The summed E-state index contributed by atoms with van der Waals surface area (Å²) in [6, 6.07) is 11.3. The molecule has 0 aromatic heterocycles. The lowest BCUT2D eigenvalue weighted by Gasteiger charge is -2.13. The van der Waals surface area contributed by atoms with Crippen LogP contribution >= 0.6 is 27.5 Å². The number of fused-ring (bicyclic) bond motifs is 1. The maximum absolute atomic E-state index is 12.3. The molecule has 1 heterocycles. The smallest absolute Gasteiger partial charge is 0.261 e. The second-order valence-corrected chi connectivity index (χ2v) is 6.88. The average Bonchev–Trinajstić information content (AvgIpc) is 2.83. The van der Waals surface area contributed by atoms with E-state index in [0.29, 0.717) is 26.9 Å². The Labute approximate surface area is 162 Å². The molecule has 0 saturated heterocycles. The van der Waals surface area contributed by atoms with Crippen LogP contribution in [0.1, 0.15) is 32.7 Å². The molecule has 0 unspecified atom stereocenters. The molecule has 130 valence electrons. The number of benzene rings is 2. The number of nitrogens with one attached hydrogen (secondary N) is 1. The van der Waals surface area contributed by atoms with Crippen molar-refractivity contribution in [2.24, 2.45) is 0 Å². The third-order valence-corrected chi connectivity index (χ3v) is 4.67. The molecule has 0 atom stereocenters. The number of hydrogen-bond donors (Lipinski definition) is 1. The molecule has 1 N–H and O–H groups in total. The molecule has 1 aliphatic heterocycles. The second kappa shape index (κ2) is 7.28. The van der Waals surface area contributed by atoms with Crippen molar-refractivity contribution in [3.05, 3.63) is 62.6 Å². The van der Waals surface area contributed by atoms with Gasteiger partial charge in [-0.15, -0.1) is 0 Å². The van der Waals surface area contributed by atoms with Crippen LogP contribution in [0.4, 0.5) is 5.69 Å². The molecule has 3 rings (SSSR count). The zero-order chi connectivity index (χ0) is 18.8. The predicted octanol–water partition coefficient (Wildman–Crippen LogP) is 3.60. The Morgan fingerprint density at radius 2 is 1.88 bits per heavy atom. The molecule has 2 aromatic carbocycles. The molecular formula is C18H11BrClN3O3. The minimum Gasteiger partial charge on any atom is -0.326 e. The maximum atomic E-state index is 12.3. The Morgan fingerprint density at radius 1 is 1.15 bits per heavy atom. The van der Waals surface area contributed by atoms with Gasteiger partial charge >= 0.3 is 0 Å². The topological polar surface area (TPSA) is 90.3 Å². The summed E-state index contributed by atoms with van der Waals surface area (Å²) < 4.78 is 0.703. The molecule has 2 aromatic rings. The van der Waals surface area contributed by atoms with Crippen molar-refractivity contribution in [3.63, 3.8) is 0 Å². The summed E-state index contributed by atoms with van der Waals surface area (Å²) in [6.07, 6.45) is -0.0513. The molecule has 1 aliphatic rings. The highest BCUT2D eigenvalue weighted by Crippen LogP contribution is 2.26. The van der Waals surface area contributed by atoms with Gasteiger partial charge < -0.3 is 5.32 Å². The first-order valence-corrected chi connectivity index (χ1v) is 8.73. The molecule has 0 radical (unpaired) electrons. The molecule has 0 spiro atoms. The number of nitrogens with zero attached hydrogens (tertiary/aromatic N) is 2. The van der Waals surface area contributed by atoms with Crippen LogP contribution in [0.5, 0.6) is 0 Å². The molecule has 8 heteroatoms. The molecule has 26 heavy (non-hydrogen) atoms. The van der Waals surface area contributed by atoms with Crippen LogP contribution in [0.25, 0.3) is 0 Å². The predicted molar refractivity (Wildman–Crippen MR) is 98.9 cm³/mol. The largest absolute Gasteiger partial charge is 0.326 e. The van der Waals surface area contributed by atoms with Gasteiger partial charge in [-0.2, -0.15) is 5.26 Å². The van der Waals surface area contributed by atoms with Crippen molar-refractivity contribution in [2.45, 2.75) is 6.42 Å². The Bertz CT molecular complexity index is 984. The van der Waals surface area contributed by atoms with Crippen molar-refractivity contribution in [1.29, 1.82) is 5.26 Å². The molecule has 3 amide bonds. The van der Waals surface area contributed by atoms with Crippen LogP contribution in [0.2, 0.25) is 5.02 Å². The number of anilines is 1. The molecule has 6 nitrogen and oxygen atoms in total. The average molecular weight is 433 g/mol. The van der Waals surface area contributed by atoms with E-state index in [1.54, 1.807) is 24.3 Å². The Kier molecular flexibility index (Phi) is 5.07. The quantitative estimate of drug-likeness (QED) is 0.748. The van der Waals surface area contributed by atoms with Crippen LogP contribution in [0, 0.1) is 11.3 Å². The Hall–Kier alpha value is -2.69. The first-order valence-electron chi connectivity index (χ1n) is 7.56. The Balaban J connectivity index is 1.64. The van der Waals surface area contributed by atoms with Crippen LogP contribution < -0.4 is 5.32 Å². The standard InChI is InChI=1S/C18H11BrClN3O3/c19-11-2-4-13-14(7-11)18(26)23(17(13)25)6-5-16(24)22-12-3-1-10(9-21)15(20)8-12/h1-4,7-8H,5-6H2,(H,22,24). The molecule has 0 bridgehead atoms. The van der Waals surface area contributed by atoms with E-state index in [0.717, 1.165) is 4.90 Å². The highest BCUT2D eigenvalue weighted by molar-refractivity contribution is 9.10. The highest BCUT2D eigenvalue weighted by atomic mass is 79.9. The molecule has 0 aliphatic carbocycles. The number of rotatable bonds is 4. The van der Waals surface area contributed by atoms with Gasteiger partial charge in [0, 0.05) is 23.1 Å². The summed E-state index contributed by atoms with van der Waals surface area (Å²) in [4.78, 5) is 37.8. The fraction of sp³-hybridized carbons (Fsp3) is 0.111. The molecular weight excluding hydrogens is 422 g/mol. The van der Waals surface area contributed by atoms with E-state index in [4.69, 9.17) is 16.9 Å². The van der Waals surface area contributed by atoms with Gasteiger partial charge in [0.1, 0.15) is 6.07 Å². The second-order valence-electron chi connectivity index (χ2n) is 5.56. The van der Waals surface area contributed by atoms with Crippen molar-refractivity contribution in [2.75, 3.05) is 11.9 Å². The fourth-order valence-corrected chi connectivity index (χ4v) is 3.17. The number of hydrogen-bond acceptors (Lipinski definition) is 4. The van der Waals surface area contributed by atoms with E-state index >= 15 is 0 Å². The monoisotopic (exact) mass is 431 g/mol. The minimum absolute atomic E-state index is 0.0280. The van der Waals surface area contributed by atoms with Crippen molar-refractivity contribution < 1.29 is 14.4 Å². The zero-order valence-electron chi connectivity index (χ0n) is 13.3. The van der Waals surface area contributed by atoms with Gasteiger partial charge in [-0.1, -0.05) is 27.5 Å². The number of halogens is 2. The zero-order valence-corrected chi connectivity index (χ0v) is 15.6. The first kappa shape index (κ1) is 18.1. The van der Waals surface area contributed by atoms with Gasteiger partial charge in [0.2, 0.25) is 5.91 Å². The van der Waals surface area contributed by atoms with E-state index < -0.39 is 11.8 Å². The van der Waals surface area contributed by atoms with E-state index in [-0.39, 0.29) is 23.9 Å². The third-order valence-electron chi connectivity index (χ3n) is 3.87. The van der Waals surface area contributed by atoms with Gasteiger partial charge in [0.25, 0.3) is 11.8 Å². The summed E-state index contributed by atoms with van der Waals surface area (Å²) in [5, 5.41) is 11.7. The summed E-state index contributed by atoms with van der Waals surface area (Å²) in [5.74, 6) is -1.20. The van der Waals surface area contributed by atoms with Crippen LogP contribution in [0.3, 0.4) is 0 Å². The summed E-state index contributed by atoms with van der Waals surface area (Å²) in [7, 11) is 0. The van der Waals surface area contributed by atoms with E-state index in [1.165, 1.54) is 12.1 Å². The number of amides is 3. The van der Waals surface area contributed by atoms with E-state index in [2.05, 4.69) is 21.2 Å². The highest BCUT2D eigenvalue weighted by Gasteiger charge is 2.35. The molecule has 0 saturated carbocycles. The fourth-order valence-electron chi connectivity index (χ4n) is 2.59. The lowest BCUT2D eigenvalue weighted by molar-refractivity contribution is -0.116.